The lowest BCUT2D eigenvalue weighted by atomic mass is 10.4. The molecular weight excluding hydrogens is 266 g/mol. The van der Waals surface area contributed by atoms with Gasteiger partial charge in [0.15, 0.2) is 0 Å². The Bertz CT molecular complexity index is 481. The van der Waals surface area contributed by atoms with Gasteiger partial charge in [-0.15, -0.1) is 0 Å². The standard InChI is InChI=1S/C12H20ClN5O/c1-3-4-18-12(19)11(13)10(9-14-18)15-17-7-5-16(2)6-8-17/h9,15H,3-8H2,1-2H3. The molecule has 0 bridgehead atoms. The summed E-state index contributed by atoms with van der Waals surface area (Å²) < 4.78 is 1.40. The minimum atomic E-state index is -0.234. The smallest absolute Gasteiger partial charge is 0.287 e. The van der Waals surface area contributed by atoms with Gasteiger partial charge < -0.3 is 10.3 Å². The number of piperazine rings is 1. The highest BCUT2D eigenvalue weighted by Crippen LogP contribution is 2.16. The zero-order valence-corrected chi connectivity index (χ0v) is 12.2. The Morgan fingerprint density at radius 3 is 2.68 bits per heavy atom. The van der Waals surface area contributed by atoms with E-state index in [1.807, 2.05) is 6.92 Å². The molecule has 0 amide bonds. The molecule has 7 heteroatoms. The molecule has 1 aliphatic heterocycles. The summed E-state index contributed by atoms with van der Waals surface area (Å²) in [7, 11) is 2.10. The van der Waals surface area contributed by atoms with E-state index in [2.05, 4.69) is 27.5 Å². The van der Waals surface area contributed by atoms with Crippen LogP contribution in [0.1, 0.15) is 13.3 Å². The molecule has 0 aromatic carbocycles. The molecule has 0 spiro atoms. The quantitative estimate of drug-likeness (QED) is 0.890. The molecule has 2 heterocycles. The lowest BCUT2D eigenvalue weighted by Crippen LogP contribution is -2.47. The Labute approximate surface area is 117 Å². The second-order valence-corrected chi connectivity index (χ2v) is 5.18. The van der Waals surface area contributed by atoms with E-state index < -0.39 is 0 Å². The SMILES string of the molecule is CCCn1ncc(NN2CCN(C)CC2)c(Cl)c1=O. The normalized spacial score (nSPS) is 17.6. The Balaban J connectivity index is 2.09. The van der Waals surface area contributed by atoms with Crippen LogP contribution >= 0.6 is 11.6 Å². The molecule has 19 heavy (non-hydrogen) atoms. The van der Waals surface area contributed by atoms with Crippen molar-refractivity contribution < 1.29 is 0 Å². The van der Waals surface area contributed by atoms with Gasteiger partial charge in [-0.1, -0.05) is 18.5 Å². The summed E-state index contributed by atoms with van der Waals surface area (Å²) in [5.41, 5.74) is 3.53. The number of anilines is 1. The Kier molecular flexibility index (Phi) is 4.79. The van der Waals surface area contributed by atoms with Gasteiger partial charge in [0.25, 0.3) is 5.56 Å². The number of nitrogens with one attached hydrogen (secondary N) is 1. The first-order chi connectivity index (χ1) is 9.11. The molecule has 0 unspecified atom stereocenters. The van der Waals surface area contributed by atoms with Crippen LogP contribution in [0.15, 0.2) is 11.0 Å². The summed E-state index contributed by atoms with van der Waals surface area (Å²) in [6.07, 6.45) is 2.48. The second-order valence-electron chi connectivity index (χ2n) is 4.80. The third kappa shape index (κ3) is 3.46. The molecule has 1 N–H and O–H groups in total. The van der Waals surface area contributed by atoms with E-state index in [0.717, 1.165) is 32.6 Å². The number of hydrogen-bond donors (Lipinski definition) is 1. The van der Waals surface area contributed by atoms with E-state index in [1.54, 1.807) is 6.20 Å². The predicted octanol–water partition coefficient (Wildman–Crippen LogP) is 0.881. The van der Waals surface area contributed by atoms with Crippen LogP contribution in [0.3, 0.4) is 0 Å². The molecule has 0 aliphatic carbocycles. The number of likely N-dealkylation sites (N-methyl/N-ethyl adjacent to an activating group) is 1. The summed E-state index contributed by atoms with van der Waals surface area (Å²) in [6.45, 7) is 6.36. The third-order valence-electron chi connectivity index (χ3n) is 3.20. The van der Waals surface area contributed by atoms with E-state index in [0.29, 0.717) is 12.2 Å². The fourth-order valence-corrected chi connectivity index (χ4v) is 2.19. The highest BCUT2D eigenvalue weighted by Gasteiger charge is 2.16. The molecule has 1 aliphatic rings. The minimum Gasteiger partial charge on any atom is -0.316 e. The minimum absolute atomic E-state index is 0.211. The van der Waals surface area contributed by atoms with Crippen LogP contribution in [0.2, 0.25) is 5.02 Å². The van der Waals surface area contributed by atoms with Crippen molar-refractivity contribution >= 4 is 17.3 Å². The fourth-order valence-electron chi connectivity index (χ4n) is 2.00. The van der Waals surface area contributed by atoms with Crippen LogP contribution in [0.4, 0.5) is 5.69 Å². The van der Waals surface area contributed by atoms with Gasteiger partial charge in [-0.05, 0) is 13.5 Å². The third-order valence-corrected chi connectivity index (χ3v) is 3.57. The predicted molar refractivity (Wildman–Crippen MR) is 76.5 cm³/mol. The molecule has 0 atom stereocenters. The number of rotatable bonds is 4. The second kappa shape index (κ2) is 6.36. The van der Waals surface area contributed by atoms with Crippen LogP contribution in [0.25, 0.3) is 0 Å². The average molecular weight is 286 g/mol. The summed E-state index contributed by atoms with van der Waals surface area (Å²) in [4.78, 5) is 14.2. The summed E-state index contributed by atoms with van der Waals surface area (Å²) >= 11 is 6.11. The monoisotopic (exact) mass is 285 g/mol. The first-order valence-corrected chi connectivity index (χ1v) is 6.95. The topological polar surface area (TPSA) is 53.4 Å². The Hall–Kier alpha value is -1.11. The van der Waals surface area contributed by atoms with Crippen molar-refractivity contribution in [3.8, 4) is 0 Å². The van der Waals surface area contributed by atoms with Gasteiger partial charge in [0.1, 0.15) is 5.02 Å². The van der Waals surface area contributed by atoms with Crippen LogP contribution in [-0.2, 0) is 6.54 Å². The lowest BCUT2D eigenvalue weighted by molar-refractivity contribution is 0.179. The Morgan fingerprint density at radius 2 is 2.05 bits per heavy atom. The lowest BCUT2D eigenvalue weighted by Gasteiger charge is -2.33. The van der Waals surface area contributed by atoms with Crippen molar-refractivity contribution in [2.24, 2.45) is 0 Å². The van der Waals surface area contributed by atoms with Crippen LogP contribution in [0.5, 0.6) is 0 Å². The van der Waals surface area contributed by atoms with Crippen molar-refractivity contribution in [3.63, 3.8) is 0 Å². The maximum Gasteiger partial charge on any atom is 0.287 e. The first-order valence-electron chi connectivity index (χ1n) is 6.57. The van der Waals surface area contributed by atoms with Crippen molar-refractivity contribution in [2.75, 3.05) is 38.7 Å². The van der Waals surface area contributed by atoms with Gasteiger partial charge in [-0.2, -0.15) is 5.10 Å². The highest BCUT2D eigenvalue weighted by molar-refractivity contribution is 6.32. The molecule has 1 fully saturated rings. The summed E-state index contributed by atoms with van der Waals surface area (Å²) in [6, 6.07) is 0. The largest absolute Gasteiger partial charge is 0.316 e. The van der Waals surface area contributed by atoms with Crippen LogP contribution < -0.4 is 11.0 Å². The van der Waals surface area contributed by atoms with E-state index in [-0.39, 0.29) is 10.6 Å². The molecule has 2 rings (SSSR count). The number of aromatic nitrogens is 2. The van der Waals surface area contributed by atoms with Crippen LogP contribution in [0, 0.1) is 0 Å². The molecular formula is C12H20ClN5O. The van der Waals surface area contributed by atoms with Crippen LogP contribution in [-0.4, -0.2) is 52.9 Å². The zero-order chi connectivity index (χ0) is 13.8. The first kappa shape index (κ1) is 14.3. The molecule has 0 radical (unpaired) electrons. The number of halogens is 1. The van der Waals surface area contributed by atoms with E-state index in [4.69, 9.17) is 11.6 Å². The van der Waals surface area contributed by atoms with E-state index in [9.17, 15) is 4.79 Å². The van der Waals surface area contributed by atoms with Crippen molar-refractivity contribution in [2.45, 2.75) is 19.9 Å². The van der Waals surface area contributed by atoms with Gasteiger partial charge in [0.05, 0.1) is 11.9 Å². The summed E-state index contributed by atoms with van der Waals surface area (Å²) in [5, 5.41) is 6.40. The van der Waals surface area contributed by atoms with Gasteiger partial charge >= 0.3 is 0 Å². The maximum atomic E-state index is 12.0. The maximum absolute atomic E-state index is 12.0. The van der Waals surface area contributed by atoms with Gasteiger partial charge in [0, 0.05) is 32.7 Å². The molecule has 0 saturated carbocycles. The molecule has 1 aromatic heterocycles. The van der Waals surface area contributed by atoms with Crippen molar-refractivity contribution in [1.82, 2.24) is 19.7 Å². The van der Waals surface area contributed by atoms with E-state index in [1.165, 1.54) is 4.68 Å². The molecule has 1 saturated heterocycles. The number of hydrogen-bond acceptors (Lipinski definition) is 5. The zero-order valence-electron chi connectivity index (χ0n) is 11.4. The number of nitrogens with zero attached hydrogens (tertiary/aromatic N) is 4. The average Bonchev–Trinajstić information content (AvgIpc) is 2.41. The fraction of sp³-hybridized carbons (Fsp3) is 0.667. The Morgan fingerprint density at radius 1 is 1.37 bits per heavy atom. The number of aryl methyl sites for hydroxylation is 1. The molecule has 6 nitrogen and oxygen atoms in total. The highest BCUT2D eigenvalue weighted by atomic mass is 35.5. The van der Waals surface area contributed by atoms with Gasteiger partial charge in [-0.3, -0.25) is 4.79 Å². The molecule has 106 valence electrons. The van der Waals surface area contributed by atoms with Gasteiger partial charge in [0.2, 0.25) is 0 Å². The number of hydrazine groups is 1. The summed E-state index contributed by atoms with van der Waals surface area (Å²) in [5.74, 6) is 0. The van der Waals surface area contributed by atoms with Crippen molar-refractivity contribution in [1.29, 1.82) is 0 Å². The van der Waals surface area contributed by atoms with E-state index >= 15 is 0 Å². The van der Waals surface area contributed by atoms with Crippen molar-refractivity contribution in [3.05, 3.63) is 21.6 Å². The molecule has 1 aromatic rings. The van der Waals surface area contributed by atoms with Gasteiger partial charge in [-0.25, -0.2) is 9.69 Å².